The van der Waals surface area contributed by atoms with Crippen LogP contribution in [0.2, 0.25) is 0 Å². The maximum atomic E-state index is 11.5. The maximum Gasteiger partial charge on any atom is 0.340 e. The van der Waals surface area contributed by atoms with E-state index in [9.17, 15) is 4.79 Å². The molecule has 0 spiro atoms. The molecule has 0 saturated carbocycles. The molecule has 0 atom stereocenters. The van der Waals surface area contributed by atoms with Crippen LogP contribution in [-0.2, 0) is 4.74 Å². The first kappa shape index (κ1) is 13.2. The average molecular weight is 239 g/mol. The number of nitrogen functional groups attached to an aromatic ring is 1. The number of nitrogens with two attached hydrogens (primary N) is 1. The Hall–Kier alpha value is -1.91. The Morgan fingerprint density at radius 1 is 1.18 bits per heavy atom. The lowest BCUT2D eigenvalue weighted by atomic mass is 10.1. The fourth-order valence-corrected chi connectivity index (χ4v) is 1.40. The van der Waals surface area contributed by atoms with Crippen molar-refractivity contribution < 1.29 is 19.0 Å². The fraction of sp³-hybridized carbons (Fsp3) is 0.417. The molecule has 0 saturated heterocycles. The van der Waals surface area contributed by atoms with Gasteiger partial charge in [-0.05, 0) is 13.8 Å². The molecule has 1 aromatic rings. The molecule has 1 aromatic carbocycles. The van der Waals surface area contributed by atoms with E-state index in [0.29, 0.717) is 30.4 Å². The second-order valence-electron chi connectivity index (χ2n) is 3.24. The molecule has 1 rings (SSSR count). The summed E-state index contributed by atoms with van der Waals surface area (Å²) < 4.78 is 15.4. The predicted octanol–water partition coefficient (Wildman–Crippen LogP) is 1.85. The van der Waals surface area contributed by atoms with Crippen molar-refractivity contribution in [3.63, 3.8) is 0 Å². The number of ether oxygens (including phenoxy) is 3. The number of carbonyl (C=O) groups excluding carboxylic acids is 1. The van der Waals surface area contributed by atoms with Crippen molar-refractivity contribution in [2.45, 2.75) is 13.8 Å². The first-order valence-electron chi connectivity index (χ1n) is 5.41. The van der Waals surface area contributed by atoms with Gasteiger partial charge < -0.3 is 19.9 Å². The smallest absolute Gasteiger partial charge is 0.340 e. The normalized spacial score (nSPS) is 9.82. The van der Waals surface area contributed by atoms with Gasteiger partial charge in [-0.2, -0.15) is 0 Å². The van der Waals surface area contributed by atoms with E-state index in [4.69, 9.17) is 15.2 Å². The van der Waals surface area contributed by atoms with Crippen LogP contribution in [-0.4, -0.2) is 26.3 Å². The van der Waals surface area contributed by atoms with Crippen LogP contribution in [0.3, 0.4) is 0 Å². The van der Waals surface area contributed by atoms with E-state index in [1.165, 1.54) is 13.2 Å². The number of rotatable bonds is 5. The van der Waals surface area contributed by atoms with Gasteiger partial charge in [0.05, 0.1) is 31.6 Å². The highest BCUT2D eigenvalue weighted by atomic mass is 16.5. The zero-order valence-electron chi connectivity index (χ0n) is 10.3. The quantitative estimate of drug-likeness (QED) is 0.627. The van der Waals surface area contributed by atoms with Gasteiger partial charge in [-0.15, -0.1) is 0 Å². The molecule has 0 fully saturated rings. The molecule has 0 aliphatic carbocycles. The molecule has 0 amide bonds. The van der Waals surface area contributed by atoms with Crippen molar-refractivity contribution in [3.8, 4) is 11.5 Å². The highest BCUT2D eigenvalue weighted by molar-refractivity contribution is 5.96. The van der Waals surface area contributed by atoms with Gasteiger partial charge in [0.2, 0.25) is 0 Å². The molecular weight excluding hydrogens is 222 g/mol. The lowest BCUT2D eigenvalue weighted by molar-refractivity contribution is 0.0601. The van der Waals surface area contributed by atoms with Gasteiger partial charge in [0.15, 0.2) is 11.5 Å². The first-order valence-corrected chi connectivity index (χ1v) is 5.41. The third kappa shape index (κ3) is 3.03. The van der Waals surface area contributed by atoms with Gasteiger partial charge in [0.25, 0.3) is 0 Å². The van der Waals surface area contributed by atoms with Crippen molar-refractivity contribution in [3.05, 3.63) is 17.7 Å². The molecule has 0 aliphatic rings. The standard InChI is InChI=1S/C12H17NO4/c1-4-16-10-6-8(12(14)15-3)9(13)7-11(10)17-5-2/h6-7H,4-5,13H2,1-3H3. The van der Waals surface area contributed by atoms with Gasteiger partial charge in [-0.3, -0.25) is 0 Å². The van der Waals surface area contributed by atoms with Gasteiger partial charge >= 0.3 is 5.97 Å². The van der Waals surface area contributed by atoms with Crippen LogP contribution in [0.4, 0.5) is 5.69 Å². The molecule has 0 aliphatic heterocycles. The number of hydrogen-bond donors (Lipinski definition) is 1. The van der Waals surface area contributed by atoms with Crippen molar-refractivity contribution in [2.24, 2.45) is 0 Å². The summed E-state index contributed by atoms with van der Waals surface area (Å²) >= 11 is 0. The molecule has 17 heavy (non-hydrogen) atoms. The zero-order chi connectivity index (χ0) is 12.8. The molecular formula is C12H17NO4. The lowest BCUT2D eigenvalue weighted by Crippen LogP contribution is -2.08. The largest absolute Gasteiger partial charge is 0.490 e. The summed E-state index contributed by atoms with van der Waals surface area (Å²) in [4.78, 5) is 11.5. The van der Waals surface area contributed by atoms with Gasteiger partial charge in [-0.1, -0.05) is 0 Å². The van der Waals surface area contributed by atoms with E-state index in [1.54, 1.807) is 6.07 Å². The van der Waals surface area contributed by atoms with Crippen molar-refractivity contribution in [1.29, 1.82) is 0 Å². The minimum Gasteiger partial charge on any atom is -0.490 e. The molecule has 0 heterocycles. The summed E-state index contributed by atoms with van der Waals surface area (Å²) in [5.74, 6) is 0.523. The van der Waals surface area contributed by atoms with Gasteiger partial charge in [-0.25, -0.2) is 4.79 Å². The number of methoxy groups -OCH3 is 1. The summed E-state index contributed by atoms with van der Waals surface area (Å²) in [6, 6.07) is 3.11. The van der Waals surface area contributed by atoms with Crippen molar-refractivity contribution >= 4 is 11.7 Å². The molecule has 2 N–H and O–H groups in total. The van der Waals surface area contributed by atoms with E-state index >= 15 is 0 Å². The third-order valence-corrected chi connectivity index (χ3v) is 2.12. The highest BCUT2D eigenvalue weighted by Crippen LogP contribution is 2.32. The molecule has 0 aromatic heterocycles. The number of esters is 1. The molecule has 94 valence electrons. The van der Waals surface area contributed by atoms with E-state index in [1.807, 2.05) is 13.8 Å². The number of carbonyl (C=O) groups is 1. The minimum absolute atomic E-state index is 0.277. The SMILES string of the molecule is CCOc1cc(N)c(C(=O)OC)cc1OCC. The van der Waals surface area contributed by atoms with Gasteiger partial charge in [0, 0.05) is 12.1 Å². The van der Waals surface area contributed by atoms with E-state index in [-0.39, 0.29) is 5.56 Å². The second-order valence-corrected chi connectivity index (χ2v) is 3.24. The maximum absolute atomic E-state index is 11.5. The Kier molecular flexibility index (Phi) is 4.63. The van der Waals surface area contributed by atoms with Crippen LogP contribution in [0, 0.1) is 0 Å². The summed E-state index contributed by atoms with van der Waals surface area (Å²) in [6.07, 6.45) is 0. The Labute approximate surface area is 100 Å². The monoisotopic (exact) mass is 239 g/mol. The fourth-order valence-electron chi connectivity index (χ4n) is 1.40. The summed E-state index contributed by atoms with van der Waals surface area (Å²) in [7, 11) is 1.30. The first-order chi connectivity index (χ1) is 8.13. The highest BCUT2D eigenvalue weighted by Gasteiger charge is 2.15. The predicted molar refractivity (Wildman–Crippen MR) is 64.5 cm³/mol. The van der Waals surface area contributed by atoms with Crippen LogP contribution in [0.15, 0.2) is 12.1 Å². The van der Waals surface area contributed by atoms with Crippen molar-refractivity contribution in [1.82, 2.24) is 0 Å². The molecule has 0 bridgehead atoms. The van der Waals surface area contributed by atoms with Crippen LogP contribution in [0.1, 0.15) is 24.2 Å². The lowest BCUT2D eigenvalue weighted by Gasteiger charge is -2.13. The number of hydrogen-bond acceptors (Lipinski definition) is 5. The van der Waals surface area contributed by atoms with E-state index < -0.39 is 5.97 Å². The Morgan fingerprint density at radius 2 is 1.71 bits per heavy atom. The van der Waals surface area contributed by atoms with Crippen LogP contribution in [0.25, 0.3) is 0 Å². The Bertz CT molecular complexity index is 404. The number of anilines is 1. The summed E-state index contributed by atoms with van der Waals surface area (Å²) in [5.41, 5.74) is 6.34. The Morgan fingerprint density at radius 3 is 2.18 bits per heavy atom. The summed E-state index contributed by atoms with van der Waals surface area (Å²) in [5, 5.41) is 0. The summed E-state index contributed by atoms with van der Waals surface area (Å²) in [6.45, 7) is 4.69. The second kappa shape index (κ2) is 5.98. The van der Waals surface area contributed by atoms with Crippen LogP contribution >= 0.6 is 0 Å². The van der Waals surface area contributed by atoms with Crippen molar-refractivity contribution in [2.75, 3.05) is 26.1 Å². The van der Waals surface area contributed by atoms with E-state index in [2.05, 4.69) is 4.74 Å². The minimum atomic E-state index is -0.494. The molecule has 0 radical (unpaired) electrons. The van der Waals surface area contributed by atoms with Crippen LogP contribution in [0.5, 0.6) is 11.5 Å². The molecule has 0 unspecified atom stereocenters. The Balaban J connectivity index is 3.18. The molecule has 5 heteroatoms. The topological polar surface area (TPSA) is 70.8 Å². The van der Waals surface area contributed by atoms with Gasteiger partial charge in [0.1, 0.15) is 0 Å². The van der Waals surface area contributed by atoms with Crippen LogP contribution < -0.4 is 15.2 Å². The third-order valence-electron chi connectivity index (χ3n) is 2.12. The average Bonchev–Trinajstić information content (AvgIpc) is 2.32. The van der Waals surface area contributed by atoms with E-state index in [0.717, 1.165) is 0 Å². The number of benzene rings is 1. The molecule has 5 nitrogen and oxygen atoms in total. The zero-order valence-corrected chi connectivity index (χ0v) is 10.3.